The normalized spacial score (nSPS) is 21.9. The average Bonchev–Trinajstić information content (AvgIpc) is 2.49. The summed E-state index contributed by atoms with van der Waals surface area (Å²) in [5, 5.41) is 6.63. The molecule has 2 atom stereocenters. The maximum atomic E-state index is 12.4. The van der Waals surface area contributed by atoms with Crippen molar-refractivity contribution in [3.05, 3.63) is 22.8 Å². The molecule has 4 nitrogen and oxygen atoms in total. The summed E-state index contributed by atoms with van der Waals surface area (Å²) in [6, 6.07) is 1.99. The number of nitrogens with one attached hydrogen (secondary N) is 2. The molecule has 116 valence electrons. The first-order valence-electron chi connectivity index (χ1n) is 7.84. The quantitative estimate of drug-likeness (QED) is 0.868. The number of anilines is 1. The molecule has 1 aliphatic rings. The number of amides is 1. The molecule has 1 amide bonds. The Kier molecular flexibility index (Phi) is 5.85. The molecule has 1 saturated carbocycles. The van der Waals surface area contributed by atoms with Crippen molar-refractivity contribution in [2.75, 3.05) is 11.9 Å². The Morgan fingerprint density at radius 1 is 1.43 bits per heavy atom. The number of rotatable bonds is 5. The standard InChI is InChI=1S/C16H24ClN3O/c1-3-11-6-5-7-12(8-11)20-16(21)13-9-15(18-4-2)19-10-14(13)17/h9-12H,3-8H2,1-2H3,(H,18,19)(H,20,21). The van der Waals surface area contributed by atoms with Crippen LogP contribution in [-0.2, 0) is 0 Å². The van der Waals surface area contributed by atoms with E-state index in [2.05, 4.69) is 22.5 Å². The monoisotopic (exact) mass is 309 g/mol. The average molecular weight is 310 g/mol. The van der Waals surface area contributed by atoms with Gasteiger partial charge in [0.2, 0.25) is 0 Å². The molecule has 1 fully saturated rings. The molecule has 0 aliphatic heterocycles. The summed E-state index contributed by atoms with van der Waals surface area (Å²) in [4.78, 5) is 16.6. The largest absolute Gasteiger partial charge is 0.370 e. The summed E-state index contributed by atoms with van der Waals surface area (Å²) >= 11 is 6.11. The number of nitrogens with zero attached hydrogens (tertiary/aromatic N) is 1. The zero-order chi connectivity index (χ0) is 15.2. The molecule has 0 bridgehead atoms. The number of aromatic nitrogens is 1. The van der Waals surface area contributed by atoms with Crippen molar-refractivity contribution in [1.82, 2.24) is 10.3 Å². The predicted octanol–water partition coefficient (Wildman–Crippen LogP) is 3.87. The lowest BCUT2D eigenvalue weighted by atomic mass is 9.84. The van der Waals surface area contributed by atoms with E-state index in [0.717, 1.165) is 25.3 Å². The van der Waals surface area contributed by atoms with Gasteiger partial charge in [-0.1, -0.05) is 37.8 Å². The molecule has 1 aliphatic carbocycles. The van der Waals surface area contributed by atoms with E-state index in [9.17, 15) is 4.79 Å². The van der Waals surface area contributed by atoms with Crippen molar-refractivity contribution in [2.45, 2.75) is 52.0 Å². The van der Waals surface area contributed by atoms with Gasteiger partial charge >= 0.3 is 0 Å². The highest BCUT2D eigenvalue weighted by molar-refractivity contribution is 6.33. The highest BCUT2D eigenvalue weighted by Gasteiger charge is 2.23. The molecule has 0 spiro atoms. The summed E-state index contributed by atoms with van der Waals surface area (Å²) in [5.74, 6) is 1.32. The van der Waals surface area contributed by atoms with Crippen LogP contribution in [0.25, 0.3) is 0 Å². The third-order valence-corrected chi connectivity index (χ3v) is 4.45. The molecule has 0 aromatic carbocycles. The number of hydrogen-bond donors (Lipinski definition) is 2. The van der Waals surface area contributed by atoms with E-state index in [1.54, 1.807) is 6.07 Å². The number of carbonyl (C=O) groups excluding carboxylic acids is 1. The van der Waals surface area contributed by atoms with Crippen LogP contribution in [0.2, 0.25) is 5.02 Å². The van der Waals surface area contributed by atoms with Crippen LogP contribution in [0.3, 0.4) is 0 Å². The van der Waals surface area contributed by atoms with Crippen molar-refractivity contribution >= 4 is 23.3 Å². The summed E-state index contributed by atoms with van der Waals surface area (Å²) in [6.45, 7) is 4.97. The molecule has 2 unspecified atom stereocenters. The Hall–Kier alpha value is -1.29. The summed E-state index contributed by atoms with van der Waals surface area (Å²) in [6.07, 6.45) is 7.33. The highest BCUT2D eigenvalue weighted by Crippen LogP contribution is 2.27. The zero-order valence-electron chi connectivity index (χ0n) is 12.8. The lowest BCUT2D eigenvalue weighted by Crippen LogP contribution is -2.38. The number of halogens is 1. The van der Waals surface area contributed by atoms with Gasteiger partial charge in [0, 0.05) is 18.8 Å². The third-order valence-electron chi connectivity index (χ3n) is 4.15. The fraction of sp³-hybridized carbons (Fsp3) is 0.625. The van der Waals surface area contributed by atoms with Gasteiger partial charge in [-0.05, 0) is 31.7 Å². The van der Waals surface area contributed by atoms with Gasteiger partial charge in [0.1, 0.15) is 5.82 Å². The van der Waals surface area contributed by atoms with E-state index >= 15 is 0 Å². The molecule has 1 aromatic heterocycles. The molecule has 2 N–H and O–H groups in total. The number of pyridine rings is 1. The Morgan fingerprint density at radius 3 is 2.95 bits per heavy atom. The lowest BCUT2D eigenvalue weighted by molar-refractivity contribution is 0.0919. The van der Waals surface area contributed by atoms with Crippen molar-refractivity contribution < 1.29 is 4.79 Å². The van der Waals surface area contributed by atoms with Gasteiger partial charge in [-0.3, -0.25) is 4.79 Å². The fourth-order valence-corrected chi connectivity index (χ4v) is 3.14. The second kappa shape index (κ2) is 7.64. The fourth-order valence-electron chi connectivity index (χ4n) is 2.95. The molecule has 21 heavy (non-hydrogen) atoms. The van der Waals surface area contributed by atoms with E-state index in [4.69, 9.17) is 11.6 Å². The van der Waals surface area contributed by atoms with Gasteiger partial charge in [0.25, 0.3) is 5.91 Å². The SMILES string of the molecule is CCNc1cc(C(=O)NC2CCCC(CC)C2)c(Cl)cn1. The van der Waals surface area contributed by atoms with Crippen LogP contribution in [0.4, 0.5) is 5.82 Å². The minimum atomic E-state index is -0.0942. The van der Waals surface area contributed by atoms with Gasteiger partial charge in [-0.15, -0.1) is 0 Å². The smallest absolute Gasteiger partial charge is 0.253 e. The van der Waals surface area contributed by atoms with Crippen LogP contribution in [0.15, 0.2) is 12.3 Å². The number of carbonyl (C=O) groups is 1. The van der Waals surface area contributed by atoms with Crippen molar-refractivity contribution in [3.8, 4) is 0 Å². The van der Waals surface area contributed by atoms with Crippen LogP contribution in [0.1, 0.15) is 56.3 Å². The second-order valence-electron chi connectivity index (χ2n) is 5.69. The molecular formula is C16H24ClN3O. The molecule has 1 heterocycles. The Morgan fingerprint density at radius 2 is 2.24 bits per heavy atom. The van der Waals surface area contributed by atoms with E-state index < -0.39 is 0 Å². The minimum Gasteiger partial charge on any atom is -0.370 e. The molecule has 0 saturated heterocycles. The van der Waals surface area contributed by atoms with Gasteiger partial charge in [0.15, 0.2) is 0 Å². The van der Waals surface area contributed by atoms with Crippen LogP contribution in [-0.4, -0.2) is 23.5 Å². The van der Waals surface area contributed by atoms with Gasteiger partial charge in [0.05, 0.1) is 10.6 Å². The first-order chi connectivity index (χ1) is 10.1. The Labute approximate surface area is 131 Å². The van der Waals surface area contributed by atoms with Gasteiger partial charge in [-0.2, -0.15) is 0 Å². The molecular weight excluding hydrogens is 286 g/mol. The lowest BCUT2D eigenvalue weighted by Gasteiger charge is -2.29. The van der Waals surface area contributed by atoms with Gasteiger partial charge < -0.3 is 10.6 Å². The van der Waals surface area contributed by atoms with E-state index in [-0.39, 0.29) is 11.9 Å². The molecule has 2 rings (SSSR count). The Balaban J connectivity index is 2.04. The first-order valence-corrected chi connectivity index (χ1v) is 8.22. The molecule has 1 aromatic rings. The van der Waals surface area contributed by atoms with Crippen molar-refractivity contribution in [2.24, 2.45) is 5.92 Å². The second-order valence-corrected chi connectivity index (χ2v) is 6.10. The van der Waals surface area contributed by atoms with Crippen LogP contribution < -0.4 is 10.6 Å². The van der Waals surface area contributed by atoms with Crippen molar-refractivity contribution in [3.63, 3.8) is 0 Å². The zero-order valence-corrected chi connectivity index (χ0v) is 13.5. The topological polar surface area (TPSA) is 54.0 Å². The predicted molar refractivity (Wildman–Crippen MR) is 86.9 cm³/mol. The minimum absolute atomic E-state index is 0.0942. The van der Waals surface area contributed by atoms with Gasteiger partial charge in [-0.25, -0.2) is 4.98 Å². The Bertz CT molecular complexity index is 492. The number of hydrogen-bond acceptors (Lipinski definition) is 3. The maximum absolute atomic E-state index is 12.4. The van der Waals surface area contributed by atoms with Crippen molar-refractivity contribution in [1.29, 1.82) is 0 Å². The van der Waals surface area contributed by atoms with Crippen LogP contribution >= 0.6 is 11.6 Å². The maximum Gasteiger partial charge on any atom is 0.253 e. The molecule has 5 heteroatoms. The third kappa shape index (κ3) is 4.34. The highest BCUT2D eigenvalue weighted by atomic mass is 35.5. The summed E-state index contributed by atoms with van der Waals surface area (Å²) in [7, 11) is 0. The van der Waals surface area contributed by atoms with Crippen LogP contribution in [0.5, 0.6) is 0 Å². The summed E-state index contributed by atoms with van der Waals surface area (Å²) < 4.78 is 0. The van der Waals surface area contributed by atoms with E-state index in [1.165, 1.54) is 25.5 Å². The summed E-state index contributed by atoms with van der Waals surface area (Å²) in [5.41, 5.74) is 0.501. The first kappa shape index (κ1) is 16.1. The van der Waals surface area contributed by atoms with Crippen LogP contribution in [0, 0.1) is 5.92 Å². The van der Waals surface area contributed by atoms with E-state index in [1.807, 2.05) is 6.92 Å². The molecule has 0 radical (unpaired) electrons. The van der Waals surface area contributed by atoms with E-state index in [0.29, 0.717) is 16.4 Å².